The molecule has 0 radical (unpaired) electrons. The Labute approximate surface area is 71.9 Å². The molecule has 0 aliphatic heterocycles. The average Bonchev–Trinajstić information content (AvgIpc) is 2.03. The first-order valence-corrected chi connectivity index (χ1v) is 3.73. The van der Waals surface area contributed by atoms with Crippen molar-refractivity contribution < 1.29 is 4.79 Å². The first-order chi connectivity index (χ1) is 5.65. The molecule has 0 fully saturated rings. The summed E-state index contributed by atoms with van der Waals surface area (Å²) in [4.78, 5) is 14.8. The highest BCUT2D eigenvalue weighted by atomic mass is 16.1. The smallest absolute Gasteiger partial charge is 0.161 e. The number of carbonyl (C=O) groups excluding carboxylic acids is 1. The van der Waals surface area contributed by atoms with Gasteiger partial charge in [-0.1, -0.05) is 6.07 Å². The van der Waals surface area contributed by atoms with Crippen molar-refractivity contribution in [1.82, 2.24) is 0 Å². The van der Waals surface area contributed by atoms with E-state index in [1.165, 1.54) is 6.92 Å². The molecule has 0 saturated heterocycles. The van der Waals surface area contributed by atoms with Gasteiger partial charge in [-0.25, -0.2) is 0 Å². The lowest BCUT2D eigenvalue weighted by molar-refractivity contribution is 0.101. The summed E-state index contributed by atoms with van der Waals surface area (Å²) in [5.74, 6) is 0.0254. The van der Waals surface area contributed by atoms with Crippen LogP contribution in [0.3, 0.4) is 0 Å². The lowest BCUT2D eigenvalue weighted by Crippen LogP contribution is -1.92. The Morgan fingerprint density at radius 2 is 2.17 bits per heavy atom. The first-order valence-electron chi connectivity index (χ1n) is 3.73. The van der Waals surface area contributed by atoms with Crippen LogP contribution >= 0.6 is 0 Å². The maximum absolute atomic E-state index is 11.0. The van der Waals surface area contributed by atoms with Gasteiger partial charge in [-0.15, -0.1) is 0 Å². The fourth-order valence-corrected chi connectivity index (χ4v) is 1.07. The normalized spacial score (nSPS) is 9.50. The summed E-state index contributed by atoms with van der Waals surface area (Å²) < 4.78 is 0. The number of benzene rings is 1. The van der Waals surface area contributed by atoms with E-state index in [2.05, 4.69) is 11.7 Å². The second-order valence-corrected chi connectivity index (χ2v) is 2.73. The zero-order chi connectivity index (χ0) is 9.14. The number of rotatable bonds is 2. The monoisotopic (exact) mass is 161 g/mol. The Morgan fingerprint density at radius 3 is 2.67 bits per heavy atom. The van der Waals surface area contributed by atoms with Crippen molar-refractivity contribution in [2.24, 2.45) is 4.99 Å². The van der Waals surface area contributed by atoms with Gasteiger partial charge in [-0.3, -0.25) is 9.79 Å². The first kappa shape index (κ1) is 8.65. The Bertz CT molecular complexity index is 329. The Hall–Kier alpha value is -1.44. The fraction of sp³-hybridized carbons (Fsp3) is 0.200. The van der Waals surface area contributed by atoms with Crippen LogP contribution in [0, 0.1) is 6.92 Å². The van der Waals surface area contributed by atoms with Crippen LogP contribution in [-0.4, -0.2) is 12.5 Å². The highest BCUT2D eigenvalue weighted by Crippen LogP contribution is 2.20. The zero-order valence-electron chi connectivity index (χ0n) is 7.29. The molecule has 12 heavy (non-hydrogen) atoms. The van der Waals surface area contributed by atoms with E-state index in [1.807, 2.05) is 19.1 Å². The number of aryl methyl sites for hydroxylation is 1. The van der Waals surface area contributed by atoms with Crippen molar-refractivity contribution in [1.29, 1.82) is 0 Å². The van der Waals surface area contributed by atoms with E-state index in [1.54, 1.807) is 6.07 Å². The molecule has 0 atom stereocenters. The Morgan fingerprint density at radius 1 is 1.50 bits per heavy atom. The minimum Gasteiger partial charge on any atom is -0.294 e. The molecule has 0 aliphatic rings. The van der Waals surface area contributed by atoms with E-state index in [-0.39, 0.29) is 5.78 Å². The van der Waals surface area contributed by atoms with E-state index in [4.69, 9.17) is 0 Å². The van der Waals surface area contributed by atoms with Crippen molar-refractivity contribution in [2.75, 3.05) is 0 Å². The van der Waals surface area contributed by atoms with Gasteiger partial charge in [0, 0.05) is 5.56 Å². The molecule has 0 unspecified atom stereocenters. The molecule has 0 aliphatic carbocycles. The van der Waals surface area contributed by atoms with Crippen molar-refractivity contribution >= 4 is 18.2 Å². The van der Waals surface area contributed by atoms with Gasteiger partial charge >= 0.3 is 0 Å². The number of ketones is 1. The van der Waals surface area contributed by atoms with Crippen LogP contribution in [0.5, 0.6) is 0 Å². The van der Waals surface area contributed by atoms with Gasteiger partial charge < -0.3 is 0 Å². The molecule has 62 valence electrons. The van der Waals surface area contributed by atoms with Gasteiger partial charge in [0.25, 0.3) is 0 Å². The topological polar surface area (TPSA) is 29.4 Å². The van der Waals surface area contributed by atoms with Crippen molar-refractivity contribution in [3.63, 3.8) is 0 Å². The second kappa shape index (κ2) is 3.30. The summed E-state index contributed by atoms with van der Waals surface area (Å²) in [6.45, 7) is 6.90. The summed E-state index contributed by atoms with van der Waals surface area (Å²) >= 11 is 0. The molecule has 1 aromatic carbocycles. The third kappa shape index (κ3) is 1.59. The van der Waals surface area contributed by atoms with Crippen molar-refractivity contribution in [3.8, 4) is 0 Å². The van der Waals surface area contributed by atoms with E-state index >= 15 is 0 Å². The summed E-state index contributed by atoms with van der Waals surface area (Å²) in [5.41, 5.74) is 2.39. The number of Topliss-reactive ketones (excluding diaryl/α,β-unsaturated/α-hetero) is 1. The summed E-state index contributed by atoms with van der Waals surface area (Å²) in [6.07, 6.45) is 0. The maximum atomic E-state index is 11.0. The van der Waals surface area contributed by atoms with Crippen LogP contribution in [0.4, 0.5) is 5.69 Å². The predicted octanol–water partition coefficient (Wildman–Crippen LogP) is 2.53. The van der Waals surface area contributed by atoms with Gasteiger partial charge in [-0.05, 0) is 38.3 Å². The molecule has 0 aromatic heterocycles. The number of hydrogen-bond acceptors (Lipinski definition) is 2. The van der Waals surface area contributed by atoms with E-state index in [9.17, 15) is 4.79 Å². The molecule has 0 saturated carbocycles. The Kier molecular flexibility index (Phi) is 2.38. The summed E-state index contributed by atoms with van der Waals surface area (Å²) in [7, 11) is 0. The third-order valence-electron chi connectivity index (χ3n) is 1.70. The number of carbonyl (C=O) groups is 1. The molecule has 1 rings (SSSR count). The summed E-state index contributed by atoms with van der Waals surface area (Å²) in [5, 5.41) is 0. The van der Waals surface area contributed by atoms with Crippen LogP contribution in [0.25, 0.3) is 0 Å². The Balaban J connectivity index is 3.29. The molecular formula is C10H11NO. The zero-order valence-corrected chi connectivity index (χ0v) is 7.29. The number of aliphatic imine (C=N–C) groups is 1. The molecule has 0 N–H and O–H groups in total. The highest BCUT2D eigenvalue weighted by Gasteiger charge is 2.04. The van der Waals surface area contributed by atoms with E-state index < -0.39 is 0 Å². The van der Waals surface area contributed by atoms with Crippen molar-refractivity contribution in [3.05, 3.63) is 29.3 Å². The number of nitrogens with zero attached hydrogens (tertiary/aromatic N) is 1. The lowest BCUT2D eigenvalue weighted by Gasteiger charge is -2.01. The average molecular weight is 161 g/mol. The van der Waals surface area contributed by atoms with Crippen LogP contribution in [-0.2, 0) is 0 Å². The molecular weight excluding hydrogens is 150 g/mol. The SMILES string of the molecule is C=Nc1cc(C)ccc1C(C)=O. The molecule has 0 bridgehead atoms. The van der Waals surface area contributed by atoms with E-state index in [0.717, 1.165) is 5.56 Å². The predicted molar refractivity (Wildman–Crippen MR) is 50.4 cm³/mol. The van der Waals surface area contributed by atoms with Gasteiger partial charge in [0.05, 0.1) is 5.69 Å². The van der Waals surface area contributed by atoms with Crippen LogP contribution in [0.15, 0.2) is 23.2 Å². The maximum Gasteiger partial charge on any atom is 0.161 e. The molecule has 0 heterocycles. The van der Waals surface area contributed by atoms with Gasteiger partial charge in [0.2, 0.25) is 0 Å². The number of hydrogen-bond donors (Lipinski definition) is 0. The minimum absolute atomic E-state index is 0.0254. The van der Waals surface area contributed by atoms with Crippen LogP contribution in [0.1, 0.15) is 22.8 Å². The summed E-state index contributed by atoms with van der Waals surface area (Å²) in [6, 6.07) is 5.52. The molecule has 2 nitrogen and oxygen atoms in total. The largest absolute Gasteiger partial charge is 0.294 e. The third-order valence-corrected chi connectivity index (χ3v) is 1.70. The molecule has 2 heteroatoms. The quantitative estimate of drug-likeness (QED) is 0.484. The highest BCUT2D eigenvalue weighted by molar-refractivity contribution is 5.99. The van der Waals surface area contributed by atoms with Crippen LogP contribution in [0.2, 0.25) is 0 Å². The lowest BCUT2D eigenvalue weighted by atomic mass is 10.1. The van der Waals surface area contributed by atoms with Gasteiger partial charge in [0.1, 0.15) is 0 Å². The van der Waals surface area contributed by atoms with E-state index in [0.29, 0.717) is 11.3 Å². The minimum atomic E-state index is 0.0254. The fourth-order valence-electron chi connectivity index (χ4n) is 1.07. The van der Waals surface area contributed by atoms with Crippen LogP contribution < -0.4 is 0 Å². The van der Waals surface area contributed by atoms with Gasteiger partial charge in [-0.2, -0.15) is 0 Å². The van der Waals surface area contributed by atoms with Crippen molar-refractivity contribution in [2.45, 2.75) is 13.8 Å². The molecule has 0 spiro atoms. The molecule has 0 amide bonds. The van der Waals surface area contributed by atoms with Gasteiger partial charge in [0.15, 0.2) is 5.78 Å². The second-order valence-electron chi connectivity index (χ2n) is 2.73. The molecule has 1 aromatic rings. The standard InChI is InChI=1S/C10H11NO/c1-7-4-5-9(8(2)12)10(6-7)11-3/h4-6H,3H2,1-2H3.